The van der Waals surface area contributed by atoms with Gasteiger partial charge < -0.3 is 14.2 Å². The summed E-state index contributed by atoms with van der Waals surface area (Å²) < 4.78 is 18.4. The molecule has 0 radical (unpaired) electrons. The Morgan fingerprint density at radius 3 is 2.68 bits per heavy atom. The van der Waals surface area contributed by atoms with Crippen LogP contribution in [0.15, 0.2) is 30.3 Å². The van der Waals surface area contributed by atoms with Crippen molar-refractivity contribution >= 4 is 0 Å². The van der Waals surface area contributed by atoms with Gasteiger partial charge in [-0.3, -0.25) is 4.84 Å². The van der Waals surface area contributed by atoms with Gasteiger partial charge in [0.2, 0.25) is 0 Å². The third kappa shape index (κ3) is 3.02. The van der Waals surface area contributed by atoms with Crippen LogP contribution in [0.25, 0.3) is 0 Å². The van der Waals surface area contributed by atoms with Gasteiger partial charge in [0.15, 0.2) is 5.79 Å². The zero-order valence-electron chi connectivity index (χ0n) is 14.6. The summed E-state index contributed by atoms with van der Waals surface area (Å²) in [5.41, 5.74) is 1.26. The van der Waals surface area contributed by atoms with E-state index in [1.807, 2.05) is 6.07 Å². The van der Waals surface area contributed by atoms with Gasteiger partial charge in [0, 0.05) is 25.3 Å². The van der Waals surface area contributed by atoms with E-state index in [9.17, 15) is 0 Å². The fourth-order valence-electron chi connectivity index (χ4n) is 4.84. The summed E-state index contributed by atoms with van der Waals surface area (Å²) in [6, 6.07) is 10.8. The van der Waals surface area contributed by atoms with Crippen molar-refractivity contribution in [1.29, 1.82) is 0 Å². The van der Waals surface area contributed by atoms with Crippen LogP contribution in [0, 0.1) is 5.92 Å². The molecule has 1 aliphatic carbocycles. The Kier molecular flexibility index (Phi) is 4.30. The van der Waals surface area contributed by atoms with Crippen molar-refractivity contribution < 1.29 is 19.0 Å². The lowest BCUT2D eigenvalue weighted by molar-refractivity contribution is -0.229. The maximum atomic E-state index is 6.45. The molecule has 0 aromatic heterocycles. The van der Waals surface area contributed by atoms with Crippen molar-refractivity contribution in [2.45, 2.75) is 62.7 Å². The van der Waals surface area contributed by atoms with E-state index in [1.54, 1.807) is 0 Å². The first-order valence-electron chi connectivity index (χ1n) is 9.70. The van der Waals surface area contributed by atoms with E-state index >= 15 is 0 Å². The standard InChI is InChI=1S/C20H27NO4/c1-3-7-15(8-4-1)11-21-17-13-22-12-16(17)19(25-21)18-14-23-20(24-18)9-5-2-6-10-20/h1,3-4,7-8,16-19H,2,5-6,9-14H2/t16-,17+,18-,19+/m1/s1. The SMILES string of the molecule is c1ccc(CN2O[C@H]([C@H]3COC4(CCCCC4)O3)[C@@H]3COC[C@@H]32)cc1. The summed E-state index contributed by atoms with van der Waals surface area (Å²) >= 11 is 0. The molecule has 1 saturated carbocycles. The fraction of sp³-hybridized carbons (Fsp3) is 0.700. The Labute approximate surface area is 149 Å². The number of fused-ring (bicyclic) bond motifs is 1. The molecular weight excluding hydrogens is 318 g/mol. The molecule has 3 saturated heterocycles. The third-order valence-corrected chi connectivity index (χ3v) is 6.18. The summed E-state index contributed by atoms with van der Waals surface area (Å²) in [6.07, 6.45) is 5.80. The Morgan fingerprint density at radius 1 is 1.00 bits per heavy atom. The third-order valence-electron chi connectivity index (χ3n) is 6.18. The average molecular weight is 345 g/mol. The van der Waals surface area contributed by atoms with Crippen LogP contribution in [0.3, 0.4) is 0 Å². The number of hydrogen-bond donors (Lipinski definition) is 0. The summed E-state index contributed by atoms with van der Waals surface area (Å²) in [5, 5.41) is 2.12. The first-order valence-corrected chi connectivity index (χ1v) is 9.70. The second kappa shape index (κ2) is 6.63. The molecule has 0 bridgehead atoms. The lowest BCUT2D eigenvalue weighted by Gasteiger charge is -2.32. The highest BCUT2D eigenvalue weighted by atomic mass is 16.8. The van der Waals surface area contributed by atoms with Gasteiger partial charge >= 0.3 is 0 Å². The highest BCUT2D eigenvalue weighted by Gasteiger charge is 2.54. The van der Waals surface area contributed by atoms with Crippen molar-refractivity contribution in [3.8, 4) is 0 Å². The first-order chi connectivity index (χ1) is 12.3. The lowest BCUT2D eigenvalue weighted by atomic mass is 9.93. The van der Waals surface area contributed by atoms with Crippen LogP contribution in [0.4, 0.5) is 0 Å². The van der Waals surface area contributed by atoms with E-state index in [0.29, 0.717) is 18.6 Å². The van der Waals surface area contributed by atoms with Crippen LogP contribution in [-0.4, -0.2) is 48.9 Å². The van der Waals surface area contributed by atoms with Gasteiger partial charge in [0.25, 0.3) is 0 Å². The molecule has 136 valence electrons. The van der Waals surface area contributed by atoms with Crippen molar-refractivity contribution in [1.82, 2.24) is 5.06 Å². The molecule has 4 atom stereocenters. The van der Waals surface area contributed by atoms with Crippen molar-refractivity contribution in [2.24, 2.45) is 5.92 Å². The number of ether oxygens (including phenoxy) is 3. The minimum Gasteiger partial charge on any atom is -0.379 e. The Hall–Kier alpha value is -0.980. The van der Waals surface area contributed by atoms with Crippen molar-refractivity contribution in [3.05, 3.63) is 35.9 Å². The Morgan fingerprint density at radius 2 is 1.84 bits per heavy atom. The van der Waals surface area contributed by atoms with Crippen LogP contribution in [0.5, 0.6) is 0 Å². The predicted molar refractivity (Wildman–Crippen MR) is 91.6 cm³/mol. The zero-order valence-corrected chi connectivity index (χ0v) is 14.6. The van der Waals surface area contributed by atoms with E-state index < -0.39 is 0 Å². The van der Waals surface area contributed by atoms with Crippen LogP contribution < -0.4 is 0 Å². The predicted octanol–water partition coefficient (Wildman–Crippen LogP) is 2.89. The van der Waals surface area contributed by atoms with Crippen LogP contribution in [-0.2, 0) is 25.6 Å². The van der Waals surface area contributed by atoms with E-state index in [1.165, 1.54) is 24.8 Å². The molecule has 1 aromatic carbocycles. The van der Waals surface area contributed by atoms with E-state index in [0.717, 1.165) is 32.6 Å². The molecular formula is C20H27NO4. The lowest BCUT2D eigenvalue weighted by Crippen LogP contribution is -2.39. The monoisotopic (exact) mass is 345 g/mol. The minimum atomic E-state index is -0.339. The van der Waals surface area contributed by atoms with Crippen LogP contribution in [0.1, 0.15) is 37.7 Å². The van der Waals surface area contributed by atoms with Gasteiger partial charge in [0.05, 0.1) is 25.9 Å². The second-order valence-electron chi connectivity index (χ2n) is 7.84. The van der Waals surface area contributed by atoms with Gasteiger partial charge in [-0.15, -0.1) is 0 Å². The van der Waals surface area contributed by atoms with Gasteiger partial charge in [-0.2, -0.15) is 5.06 Å². The maximum Gasteiger partial charge on any atom is 0.169 e. The van der Waals surface area contributed by atoms with Gasteiger partial charge in [-0.25, -0.2) is 0 Å². The van der Waals surface area contributed by atoms with Crippen LogP contribution in [0.2, 0.25) is 0 Å². The highest BCUT2D eigenvalue weighted by molar-refractivity contribution is 5.15. The molecule has 3 heterocycles. The quantitative estimate of drug-likeness (QED) is 0.842. The first kappa shape index (κ1) is 16.2. The summed E-state index contributed by atoms with van der Waals surface area (Å²) in [4.78, 5) is 6.40. The minimum absolute atomic E-state index is 0.0214. The molecule has 5 rings (SSSR count). The molecule has 5 nitrogen and oxygen atoms in total. The topological polar surface area (TPSA) is 40.2 Å². The second-order valence-corrected chi connectivity index (χ2v) is 7.84. The number of hydrogen-bond acceptors (Lipinski definition) is 5. The number of benzene rings is 1. The van der Waals surface area contributed by atoms with E-state index in [2.05, 4.69) is 29.3 Å². The molecule has 0 unspecified atom stereocenters. The molecule has 3 aliphatic heterocycles. The number of rotatable bonds is 3. The maximum absolute atomic E-state index is 6.45. The van der Waals surface area contributed by atoms with Crippen LogP contribution >= 0.6 is 0 Å². The zero-order chi connectivity index (χ0) is 16.7. The molecule has 5 heteroatoms. The largest absolute Gasteiger partial charge is 0.379 e. The average Bonchev–Trinajstić information content (AvgIpc) is 3.34. The summed E-state index contributed by atoms with van der Waals surface area (Å²) in [6.45, 7) is 2.94. The normalized spacial score (nSPS) is 37.6. The molecule has 0 amide bonds. The molecule has 4 fully saturated rings. The molecule has 1 aromatic rings. The number of nitrogens with zero attached hydrogens (tertiary/aromatic N) is 1. The highest BCUT2D eigenvalue weighted by Crippen LogP contribution is 2.43. The van der Waals surface area contributed by atoms with Gasteiger partial charge in [0.1, 0.15) is 12.2 Å². The van der Waals surface area contributed by atoms with E-state index in [4.69, 9.17) is 19.0 Å². The Balaban J connectivity index is 1.29. The van der Waals surface area contributed by atoms with Crippen molar-refractivity contribution in [2.75, 3.05) is 19.8 Å². The van der Waals surface area contributed by atoms with E-state index in [-0.39, 0.29) is 18.0 Å². The molecule has 4 aliphatic rings. The molecule has 0 N–H and O–H groups in total. The summed E-state index contributed by atoms with van der Waals surface area (Å²) in [7, 11) is 0. The Bertz CT molecular complexity index is 589. The molecule has 25 heavy (non-hydrogen) atoms. The van der Waals surface area contributed by atoms with Gasteiger partial charge in [-0.05, 0) is 18.4 Å². The smallest absolute Gasteiger partial charge is 0.169 e. The molecule has 1 spiro atoms. The number of hydroxylamine groups is 2. The fourth-order valence-corrected chi connectivity index (χ4v) is 4.84. The summed E-state index contributed by atoms with van der Waals surface area (Å²) in [5.74, 6) is 0.0321. The van der Waals surface area contributed by atoms with Gasteiger partial charge in [-0.1, -0.05) is 36.8 Å². The van der Waals surface area contributed by atoms with Crippen molar-refractivity contribution in [3.63, 3.8) is 0 Å².